The topological polar surface area (TPSA) is 72.1 Å². The number of nitrogens with zero attached hydrogens (tertiary/aromatic N) is 4. The number of carbonyl (C=O) groups is 1. The van der Waals surface area contributed by atoms with E-state index in [4.69, 9.17) is 4.52 Å². The van der Waals surface area contributed by atoms with Crippen LogP contribution < -0.4 is 0 Å². The van der Waals surface area contributed by atoms with E-state index in [-0.39, 0.29) is 5.91 Å². The highest BCUT2D eigenvalue weighted by molar-refractivity contribution is 5.76. The number of aryl methyl sites for hydroxylation is 1. The fraction of sp³-hybridized carbons (Fsp3) is 0.500. The van der Waals surface area contributed by atoms with Gasteiger partial charge in [-0.05, 0) is 30.9 Å². The molecule has 2 aromatic heterocycles. The Labute approximate surface area is 129 Å². The zero-order valence-corrected chi connectivity index (χ0v) is 12.7. The van der Waals surface area contributed by atoms with Gasteiger partial charge in [0.1, 0.15) is 0 Å². The standard InChI is InChI=1S/C16H20N4O2/c1-12-3-2-10-20(11-12)15(21)5-4-14-18-16(19-22-14)13-6-8-17-9-7-13/h6-9,12H,2-5,10-11H2,1H3/t12-/m0/s1. The molecule has 0 radical (unpaired) electrons. The largest absolute Gasteiger partial charge is 0.342 e. The van der Waals surface area contributed by atoms with E-state index in [9.17, 15) is 4.79 Å². The maximum absolute atomic E-state index is 12.2. The lowest BCUT2D eigenvalue weighted by atomic mass is 10.00. The second kappa shape index (κ2) is 6.68. The van der Waals surface area contributed by atoms with Crippen molar-refractivity contribution >= 4 is 5.91 Å². The first-order chi connectivity index (χ1) is 10.7. The monoisotopic (exact) mass is 300 g/mol. The maximum atomic E-state index is 12.2. The van der Waals surface area contributed by atoms with E-state index >= 15 is 0 Å². The van der Waals surface area contributed by atoms with Gasteiger partial charge in [-0.3, -0.25) is 9.78 Å². The van der Waals surface area contributed by atoms with Crippen molar-refractivity contribution in [1.82, 2.24) is 20.0 Å². The second-order valence-corrected chi connectivity index (χ2v) is 5.83. The molecule has 6 heteroatoms. The minimum atomic E-state index is 0.176. The Bertz CT molecular complexity index is 626. The summed E-state index contributed by atoms with van der Waals surface area (Å²) in [5.74, 6) is 1.82. The summed E-state index contributed by atoms with van der Waals surface area (Å²) in [5, 5.41) is 3.95. The average Bonchev–Trinajstić information content (AvgIpc) is 3.02. The lowest BCUT2D eigenvalue weighted by Gasteiger charge is -2.30. The Morgan fingerprint density at radius 1 is 1.41 bits per heavy atom. The Morgan fingerprint density at radius 2 is 2.23 bits per heavy atom. The number of hydrogen-bond acceptors (Lipinski definition) is 5. The molecule has 0 N–H and O–H groups in total. The van der Waals surface area contributed by atoms with Crippen LogP contribution in [0.4, 0.5) is 0 Å². The molecule has 1 fully saturated rings. The van der Waals surface area contributed by atoms with Gasteiger partial charge in [-0.15, -0.1) is 0 Å². The van der Waals surface area contributed by atoms with Gasteiger partial charge in [0.25, 0.3) is 0 Å². The smallest absolute Gasteiger partial charge is 0.227 e. The van der Waals surface area contributed by atoms with Crippen molar-refractivity contribution in [2.45, 2.75) is 32.6 Å². The van der Waals surface area contributed by atoms with E-state index in [1.54, 1.807) is 12.4 Å². The van der Waals surface area contributed by atoms with Crippen molar-refractivity contribution in [2.24, 2.45) is 5.92 Å². The van der Waals surface area contributed by atoms with Gasteiger partial charge in [0.15, 0.2) is 0 Å². The van der Waals surface area contributed by atoms with Crippen molar-refractivity contribution in [2.75, 3.05) is 13.1 Å². The molecule has 0 aliphatic carbocycles. The van der Waals surface area contributed by atoms with Crippen LogP contribution >= 0.6 is 0 Å². The quantitative estimate of drug-likeness (QED) is 0.866. The molecule has 1 amide bonds. The normalized spacial score (nSPS) is 18.4. The summed E-state index contributed by atoms with van der Waals surface area (Å²) in [6, 6.07) is 3.66. The fourth-order valence-electron chi connectivity index (χ4n) is 2.76. The Hall–Kier alpha value is -2.24. The highest BCUT2D eigenvalue weighted by Crippen LogP contribution is 2.18. The number of amides is 1. The van der Waals surface area contributed by atoms with Crippen LogP contribution in [-0.2, 0) is 11.2 Å². The van der Waals surface area contributed by atoms with Crippen molar-refractivity contribution < 1.29 is 9.32 Å². The molecule has 1 atom stereocenters. The van der Waals surface area contributed by atoms with E-state index in [0.29, 0.717) is 30.5 Å². The first kappa shape index (κ1) is 14.7. The molecule has 0 aromatic carbocycles. The van der Waals surface area contributed by atoms with E-state index in [0.717, 1.165) is 25.1 Å². The van der Waals surface area contributed by atoms with Gasteiger partial charge in [-0.25, -0.2) is 0 Å². The van der Waals surface area contributed by atoms with Crippen LogP contribution in [0.5, 0.6) is 0 Å². The number of aromatic nitrogens is 3. The van der Waals surface area contributed by atoms with Crippen LogP contribution in [0.25, 0.3) is 11.4 Å². The molecule has 116 valence electrons. The summed E-state index contributed by atoms with van der Waals surface area (Å²) in [6.07, 6.45) is 6.59. The van der Waals surface area contributed by atoms with Crippen molar-refractivity contribution in [3.05, 3.63) is 30.4 Å². The number of piperidine rings is 1. The first-order valence-corrected chi connectivity index (χ1v) is 7.73. The van der Waals surface area contributed by atoms with Gasteiger partial charge in [0.05, 0.1) is 0 Å². The third-order valence-corrected chi connectivity index (χ3v) is 3.97. The summed E-state index contributed by atoms with van der Waals surface area (Å²) >= 11 is 0. The van der Waals surface area contributed by atoms with Gasteiger partial charge in [-0.2, -0.15) is 4.98 Å². The summed E-state index contributed by atoms with van der Waals surface area (Å²) in [7, 11) is 0. The molecule has 0 saturated carbocycles. The predicted octanol–water partition coefficient (Wildman–Crippen LogP) is 2.32. The summed E-state index contributed by atoms with van der Waals surface area (Å²) in [5.41, 5.74) is 0.862. The van der Waals surface area contributed by atoms with Crippen molar-refractivity contribution in [3.63, 3.8) is 0 Å². The molecule has 0 bridgehead atoms. The van der Waals surface area contributed by atoms with Gasteiger partial charge < -0.3 is 9.42 Å². The lowest BCUT2D eigenvalue weighted by molar-refractivity contribution is -0.132. The third-order valence-electron chi connectivity index (χ3n) is 3.97. The van der Waals surface area contributed by atoms with Gasteiger partial charge in [0.2, 0.25) is 17.6 Å². The highest BCUT2D eigenvalue weighted by atomic mass is 16.5. The zero-order chi connectivity index (χ0) is 15.4. The lowest BCUT2D eigenvalue weighted by Crippen LogP contribution is -2.39. The summed E-state index contributed by atoms with van der Waals surface area (Å²) in [6.45, 7) is 3.93. The highest BCUT2D eigenvalue weighted by Gasteiger charge is 2.21. The van der Waals surface area contributed by atoms with E-state index in [2.05, 4.69) is 22.0 Å². The van der Waals surface area contributed by atoms with E-state index in [1.807, 2.05) is 17.0 Å². The minimum absolute atomic E-state index is 0.176. The fourth-order valence-corrected chi connectivity index (χ4v) is 2.76. The molecule has 0 spiro atoms. The van der Waals surface area contributed by atoms with Gasteiger partial charge >= 0.3 is 0 Å². The van der Waals surface area contributed by atoms with Crippen molar-refractivity contribution in [3.8, 4) is 11.4 Å². The number of likely N-dealkylation sites (tertiary alicyclic amines) is 1. The maximum Gasteiger partial charge on any atom is 0.227 e. The second-order valence-electron chi connectivity index (χ2n) is 5.83. The molecule has 1 saturated heterocycles. The predicted molar refractivity (Wildman–Crippen MR) is 80.8 cm³/mol. The molecule has 1 aliphatic heterocycles. The Morgan fingerprint density at radius 3 is 3.00 bits per heavy atom. The molecule has 6 nitrogen and oxygen atoms in total. The number of rotatable bonds is 4. The van der Waals surface area contributed by atoms with Gasteiger partial charge in [-0.1, -0.05) is 12.1 Å². The summed E-state index contributed by atoms with van der Waals surface area (Å²) < 4.78 is 5.23. The molecule has 2 aromatic rings. The number of hydrogen-bond donors (Lipinski definition) is 0. The van der Waals surface area contributed by atoms with Crippen LogP contribution in [0.2, 0.25) is 0 Å². The first-order valence-electron chi connectivity index (χ1n) is 7.73. The van der Waals surface area contributed by atoms with Crippen LogP contribution in [0.15, 0.2) is 29.0 Å². The zero-order valence-electron chi connectivity index (χ0n) is 12.7. The Balaban J connectivity index is 1.56. The van der Waals surface area contributed by atoms with E-state index in [1.165, 1.54) is 6.42 Å². The molecule has 3 heterocycles. The molecule has 3 rings (SSSR count). The molecule has 1 aliphatic rings. The van der Waals surface area contributed by atoms with Crippen LogP contribution in [0, 0.1) is 5.92 Å². The molecular formula is C16H20N4O2. The number of carbonyl (C=O) groups excluding carboxylic acids is 1. The van der Waals surface area contributed by atoms with E-state index < -0.39 is 0 Å². The SMILES string of the molecule is C[C@H]1CCCN(C(=O)CCc2nc(-c3ccncc3)no2)C1. The van der Waals surface area contributed by atoms with Crippen LogP contribution in [0.3, 0.4) is 0 Å². The van der Waals surface area contributed by atoms with Crippen LogP contribution in [-0.4, -0.2) is 39.0 Å². The molecule has 0 unspecified atom stereocenters. The Kier molecular flexibility index (Phi) is 4.46. The van der Waals surface area contributed by atoms with Gasteiger partial charge in [0, 0.05) is 43.9 Å². The van der Waals surface area contributed by atoms with Crippen molar-refractivity contribution in [1.29, 1.82) is 0 Å². The number of pyridine rings is 1. The third kappa shape index (κ3) is 3.50. The molecular weight excluding hydrogens is 280 g/mol. The minimum Gasteiger partial charge on any atom is -0.342 e. The molecule has 22 heavy (non-hydrogen) atoms. The average molecular weight is 300 g/mol. The van der Waals surface area contributed by atoms with Crippen LogP contribution in [0.1, 0.15) is 32.1 Å². The summed E-state index contributed by atoms with van der Waals surface area (Å²) in [4.78, 5) is 22.5.